The zero-order valence-electron chi connectivity index (χ0n) is 22.6. The highest BCUT2D eigenvalue weighted by molar-refractivity contribution is 5.99. The molecule has 210 valence electrons. The average molecular weight is 553 g/mol. The molecule has 5 rings (SSSR count). The van der Waals surface area contributed by atoms with Gasteiger partial charge in [-0.3, -0.25) is 9.59 Å². The van der Waals surface area contributed by atoms with Gasteiger partial charge >= 0.3 is 6.18 Å². The molecule has 1 aliphatic carbocycles. The number of carbonyl (C=O) groups is 2. The lowest BCUT2D eigenvalue weighted by molar-refractivity contribution is -0.137. The van der Waals surface area contributed by atoms with Crippen molar-refractivity contribution >= 4 is 22.7 Å². The molecule has 0 radical (unpaired) electrons. The number of aromatic nitrogens is 2. The first-order valence-electron chi connectivity index (χ1n) is 13.6. The number of ketones is 1. The Morgan fingerprint density at radius 2 is 1.85 bits per heavy atom. The Balaban J connectivity index is 1.47. The van der Waals surface area contributed by atoms with Crippen LogP contribution in [-0.4, -0.2) is 46.3 Å². The molecule has 1 aromatic carbocycles. The lowest BCUT2D eigenvalue weighted by atomic mass is 9.86. The lowest BCUT2D eigenvalue weighted by Gasteiger charge is -2.33. The maximum atomic E-state index is 14.7. The topological polar surface area (TPSA) is 88.2 Å². The van der Waals surface area contributed by atoms with Gasteiger partial charge in [-0.2, -0.15) is 18.4 Å². The number of benzene rings is 1. The monoisotopic (exact) mass is 552 g/mol. The Morgan fingerprint density at radius 3 is 2.48 bits per heavy atom. The number of hydrogen-bond acceptors (Lipinski definition) is 5. The van der Waals surface area contributed by atoms with Gasteiger partial charge in [-0.1, -0.05) is 12.8 Å². The van der Waals surface area contributed by atoms with E-state index in [9.17, 15) is 28.0 Å². The minimum atomic E-state index is -4.72. The van der Waals surface area contributed by atoms with Crippen LogP contribution in [0.3, 0.4) is 0 Å². The maximum Gasteiger partial charge on any atom is 0.417 e. The van der Waals surface area contributed by atoms with Crippen molar-refractivity contribution in [1.82, 2.24) is 14.5 Å². The van der Waals surface area contributed by atoms with Crippen LogP contribution in [0.15, 0.2) is 30.6 Å². The Hall–Kier alpha value is -3.87. The first kappa shape index (κ1) is 27.7. The number of amides is 1. The number of nitrogens with zero attached hydrogens (tertiary/aromatic N) is 4. The SMILES string of the molecule is COc1ccc(C(=O)Cc2cnc3c(c(C4CCN(C(=O)C5CCCC5)CC4)cn3C)c2C(F)(F)F)cc1C#N. The summed E-state index contributed by atoms with van der Waals surface area (Å²) in [5, 5.41) is 9.37. The predicted octanol–water partition coefficient (Wildman–Crippen LogP) is 5.79. The number of pyridine rings is 1. The second-order valence-electron chi connectivity index (χ2n) is 10.8. The molecule has 0 bridgehead atoms. The predicted molar refractivity (Wildman–Crippen MR) is 142 cm³/mol. The van der Waals surface area contributed by atoms with Gasteiger partial charge in [0, 0.05) is 55.8 Å². The number of fused-ring (bicyclic) bond motifs is 1. The molecule has 0 unspecified atom stereocenters. The van der Waals surface area contributed by atoms with Gasteiger partial charge in [0.1, 0.15) is 17.5 Å². The molecule has 40 heavy (non-hydrogen) atoms. The zero-order valence-corrected chi connectivity index (χ0v) is 22.6. The minimum Gasteiger partial charge on any atom is -0.495 e. The quantitative estimate of drug-likeness (QED) is 0.361. The highest BCUT2D eigenvalue weighted by atomic mass is 19.4. The second kappa shape index (κ2) is 11.0. The molecular formula is C30H31F3N4O3. The molecule has 10 heteroatoms. The molecule has 2 fully saturated rings. The number of likely N-dealkylation sites (tertiary alicyclic amines) is 1. The van der Waals surface area contributed by atoms with Crippen LogP contribution >= 0.6 is 0 Å². The first-order valence-corrected chi connectivity index (χ1v) is 13.6. The Labute approximate surface area is 230 Å². The zero-order chi connectivity index (χ0) is 28.6. The van der Waals surface area contributed by atoms with Crippen LogP contribution in [-0.2, 0) is 24.4 Å². The summed E-state index contributed by atoms with van der Waals surface area (Å²) in [5.74, 6) is -0.189. The average Bonchev–Trinajstić information content (AvgIpc) is 3.60. The van der Waals surface area contributed by atoms with Crippen molar-refractivity contribution in [2.24, 2.45) is 13.0 Å². The van der Waals surface area contributed by atoms with E-state index >= 15 is 0 Å². The molecule has 0 spiro atoms. The highest BCUT2D eigenvalue weighted by Gasteiger charge is 2.39. The molecule has 0 atom stereocenters. The summed E-state index contributed by atoms with van der Waals surface area (Å²) in [7, 11) is 3.06. The van der Waals surface area contributed by atoms with Gasteiger partial charge in [-0.25, -0.2) is 4.98 Å². The van der Waals surface area contributed by atoms with E-state index < -0.39 is 23.9 Å². The molecule has 3 heterocycles. The molecule has 2 aromatic heterocycles. The Bertz CT molecular complexity index is 1490. The third-order valence-corrected chi connectivity index (χ3v) is 8.32. The summed E-state index contributed by atoms with van der Waals surface area (Å²) >= 11 is 0. The molecule has 3 aromatic rings. The van der Waals surface area contributed by atoms with Crippen molar-refractivity contribution < 1.29 is 27.5 Å². The Morgan fingerprint density at radius 1 is 1.15 bits per heavy atom. The molecule has 1 saturated heterocycles. The summed E-state index contributed by atoms with van der Waals surface area (Å²) in [6.45, 7) is 1.03. The van der Waals surface area contributed by atoms with Crippen molar-refractivity contribution in [3.8, 4) is 11.8 Å². The standard InChI is InChI=1S/C30H31F3N4O3/c1-36-17-23(18-9-11-37(12-10-18)29(39)19-5-3-4-6-19)26-27(30(31,32)33)22(16-35-28(26)36)14-24(38)20-7-8-25(40-2)21(13-20)15-34/h7-8,13,16-19H,3-6,9-12,14H2,1-2H3. The van der Waals surface area contributed by atoms with Gasteiger partial charge in [-0.05, 0) is 60.9 Å². The number of alkyl halides is 3. The van der Waals surface area contributed by atoms with Gasteiger partial charge in [0.2, 0.25) is 5.91 Å². The van der Waals surface area contributed by atoms with E-state index in [1.54, 1.807) is 17.8 Å². The van der Waals surface area contributed by atoms with Crippen LogP contribution in [0.4, 0.5) is 13.2 Å². The number of rotatable bonds is 6. The number of hydrogen-bond donors (Lipinski definition) is 0. The van der Waals surface area contributed by atoms with Crippen molar-refractivity contribution in [3.05, 3.63) is 58.4 Å². The summed E-state index contributed by atoms with van der Waals surface area (Å²) in [5.41, 5.74) is -0.0465. The van der Waals surface area contributed by atoms with Crippen LogP contribution in [0.2, 0.25) is 0 Å². The molecule has 1 aliphatic heterocycles. The van der Waals surface area contributed by atoms with Gasteiger partial charge in [0.25, 0.3) is 0 Å². The lowest BCUT2D eigenvalue weighted by Crippen LogP contribution is -2.40. The molecule has 2 aliphatic rings. The highest BCUT2D eigenvalue weighted by Crippen LogP contribution is 2.43. The van der Waals surface area contributed by atoms with Crippen molar-refractivity contribution in [1.29, 1.82) is 5.26 Å². The van der Waals surface area contributed by atoms with E-state index in [1.807, 2.05) is 11.0 Å². The number of Topliss-reactive ketones (excluding diaryl/α,β-unsaturated/α-hetero) is 1. The van der Waals surface area contributed by atoms with Crippen molar-refractivity contribution in [2.45, 2.75) is 57.0 Å². The third-order valence-electron chi connectivity index (χ3n) is 8.32. The van der Waals surface area contributed by atoms with Crippen LogP contribution < -0.4 is 4.74 Å². The molecule has 1 amide bonds. The van der Waals surface area contributed by atoms with E-state index in [2.05, 4.69) is 4.98 Å². The van der Waals surface area contributed by atoms with Crippen molar-refractivity contribution in [3.63, 3.8) is 0 Å². The van der Waals surface area contributed by atoms with Crippen LogP contribution in [0.1, 0.15) is 77.1 Å². The second-order valence-corrected chi connectivity index (χ2v) is 10.8. The van der Waals surface area contributed by atoms with Gasteiger partial charge in [0.05, 0.1) is 18.2 Å². The number of methoxy groups -OCH3 is 1. The van der Waals surface area contributed by atoms with Gasteiger partial charge in [0.15, 0.2) is 5.78 Å². The summed E-state index contributed by atoms with van der Waals surface area (Å²) in [6, 6.07) is 6.16. The fourth-order valence-corrected chi connectivity index (χ4v) is 6.27. The van der Waals surface area contributed by atoms with Crippen LogP contribution in [0, 0.1) is 17.2 Å². The van der Waals surface area contributed by atoms with E-state index in [4.69, 9.17) is 4.74 Å². The summed E-state index contributed by atoms with van der Waals surface area (Å²) in [6.07, 6.45) is 2.71. The molecular weight excluding hydrogens is 521 g/mol. The number of halogens is 3. The van der Waals surface area contributed by atoms with E-state index in [0.29, 0.717) is 31.5 Å². The van der Waals surface area contributed by atoms with Crippen LogP contribution in [0.5, 0.6) is 5.75 Å². The molecule has 1 saturated carbocycles. The number of carbonyl (C=O) groups excluding carboxylic acids is 2. The fourth-order valence-electron chi connectivity index (χ4n) is 6.27. The minimum absolute atomic E-state index is 0.0216. The van der Waals surface area contributed by atoms with Crippen molar-refractivity contribution in [2.75, 3.05) is 20.2 Å². The summed E-state index contributed by atoms with van der Waals surface area (Å²) < 4.78 is 50.8. The normalized spacial score (nSPS) is 16.9. The van der Waals surface area contributed by atoms with E-state index in [1.165, 1.54) is 25.3 Å². The molecule has 7 nitrogen and oxygen atoms in total. The number of piperidine rings is 1. The number of nitriles is 1. The van der Waals surface area contributed by atoms with E-state index in [-0.39, 0.29) is 51.2 Å². The Kier molecular flexibility index (Phi) is 7.58. The maximum absolute atomic E-state index is 14.7. The molecule has 0 N–H and O–H groups in total. The number of ether oxygens (including phenoxy) is 1. The fraction of sp³-hybridized carbons (Fsp3) is 0.467. The van der Waals surface area contributed by atoms with Gasteiger partial charge in [-0.15, -0.1) is 0 Å². The number of aryl methyl sites for hydroxylation is 1. The van der Waals surface area contributed by atoms with E-state index in [0.717, 1.165) is 31.9 Å². The smallest absolute Gasteiger partial charge is 0.417 e. The summed E-state index contributed by atoms with van der Waals surface area (Å²) in [4.78, 5) is 32.2. The third kappa shape index (κ3) is 5.17. The van der Waals surface area contributed by atoms with Gasteiger partial charge < -0.3 is 14.2 Å². The van der Waals surface area contributed by atoms with Crippen LogP contribution in [0.25, 0.3) is 11.0 Å². The first-order chi connectivity index (χ1) is 19.1. The largest absolute Gasteiger partial charge is 0.495 e.